The first-order valence-corrected chi connectivity index (χ1v) is 13.4. The van der Waals surface area contributed by atoms with Crippen molar-refractivity contribution < 1.29 is 33.5 Å². The van der Waals surface area contributed by atoms with Crippen molar-refractivity contribution >= 4 is 11.7 Å². The van der Waals surface area contributed by atoms with Gasteiger partial charge in [-0.1, -0.05) is 26.0 Å². The van der Waals surface area contributed by atoms with Gasteiger partial charge in [0.25, 0.3) is 0 Å². The van der Waals surface area contributed by atoms with E-state index >= 15 is 0 Å². The molecule has 6 rings (SSSR count). The van der Waals surface area contributed by atoms with Crippen molar-refractivity contribution in [2.24, 2.45) is 23.7 Å². The van der Waals surface area contributed by atoms with Crippen molar-refractivity contribution in [1.29, 1.82) is 0 Å². The van der Waals surface area contributed by atoms with E-state index in [9.17, 15) is 4.79 Å². The van der Waals surface area contributed by atoms with Gasteiger partial charge in [0.2, 0.25) is 5.79 Å². The van der Waals surface area contributed by atoms with Gasteiger partial charge in [-0.15, -0.1) is 0 Å². The smallest absolute Gasteiger partial charge is 0.319 e. The third kappa shape index (κ3) is 4.72. The molecule has 36 heavy (non-hydrogen) atoms. The summed E-state index contributed by atoms with van der Waals surface area (Å²) in [4.78, 5) is 24.4. The molecule has 8 atom stereocenters. The third-order valence-electron chi connectivity index (χ3n) is 8.42. The highest BCUT2D eigenvalue weighted by Gasteiger charge is 2.69. The topological polar surface area (TPSA) is 96.5 Å². The molecule has 1 aromatic rings. The van der Waals surface area contributed by atoms with E-state index in [1.165, 1.54) is 0 Å². The Morgan fingerprint density at radius 1 is 1.14 bits per heavy atom. The second-order valence-electron chi connectivity index (χ2n) is 10.8. The Morgan fingerprint density at radius 2 is 1.97 bits per heavy atom. The fourth-order valence-electron chi connectivity index (χ4n) is 6.55. The van der Waals surface area contributed by atoms with Gasteiger partial charge in [0.05, 0.1) is 18.9 Å². The Bertz CT molecular complexity index is 931. The van der Waals surface area contributed by atoms with Crippen LogP contribution < -0.4 is 15.4 Å². The fourth-order valence-corrected chi connectivity index (χ4v) is 6.55. The van der Waals surface area contributed by atoms with Gasteiger partial charge in [-0.2, -0.15) is 0 Å². The first kappa shape index (κ1) is 25.7. The highest BCUT2D eigenvalue weighted by Crippen LogP contribution is 2.60. The zero-order valence-electron chi connectivity index (χ0n) is 21.8. The van der Waals surface area contributed by atoms with Crippen LogP contribution in [0, 0.1) is 23.7 Å². The summed E-state index contributed by atoms with van der Waals surface area (Å²) in [5.41, 5.74) is 0.0637. The number of hydrogen-bond donors (Lipinski definition) is 2. The van der Waals surface area contributed by atoms with Crippen molar-refractivity contribution in [3.63, 3.8) is 0 Å². The normalized spacial score (nSPS) is 39.1. The highest BCUT2D eigenvalue weighted by atomic mass is 17.3. The number of ether oxygens (including phenoxy) is 4. The molecule has 9 heteroatoms. The van der Waals surface area contributed by atoms with Crippen LogP contribution in [0.1, 0.15) is 59.8 Å². The first-order chi connectivity index (χ1) is 17.4. The summed E-state index contributed by atoms with van der Waals surface area (Å²) in [7, 11) is 0. The lowest BCUT2D eigenvalue weighted by atomic mass is 9.58. The maximum Gasteiger partial charge on any atom is 0.319 e. The number of amides is 2. The van der Waals surface area contributed by atoms with Crippen LogP contribution in [0.5, 0.6) is 5.75 Å². The molecule has 4 heterocycles. The molecule has 2 N–H and O–H groups in total. The van der Waals surface area contributed by atoms with E-state index in [4.69, 9.17) is 28.7 Å². The van der Waals surface area contributed by atoms with Gasteiger partial charge in [-0.25, -0.2) is 14.6 Å². The van der Waals surface area contributed by atoms with E-state index in [1.807, 2.05) is 38.1 Å². The summed E-state index contributed by atoms with van der Waals surface area (Å²) in [6.07, 6.45) is 3.75. The number of benzene rings is 1. The summed E-state index contributed by atoms with van der Waals surface area (Å²) in [6, 6.07) is 7.11. The molecule has 1 spiro atoms. The number of hydrogen-bond acceptors (Lipinski definition) is 7. The Labute approximate surface area is 213 Å². The van der Waals surface area contributed by atoms with E-state index in [-0.39, 0.29) is 17.9 Å². The number of carbonyl (C=O) groups excluding carboxylic acids is 1. The maximum atomic E-state index is 12.3. The van der Waals surface area contributed by atoms with E-state index in [2.05, 4.69) is 24.5 Å². The minimum absolute atomic E-state index is 0.136. The van der Waals surface area contributed by atoms with Gasteiger partial charge in [0, 0.05) is 24.8 Å². The summed E-state index contributed by atoms with van der Waals surface area (Å²) in [5.74, 6) is 1.10. The molecule has 4 saturated heterocycles. The van der Waals surface area contributed by atoms with Gasteiger partial charge in [-0.05, 0) is 63.5 Å². The molecular weight excluding hydrogens is 464 g/mol. The molecule has 0 radical (unpaired) electrons. The number of rotatable bonds is 8. The second-order valence-corrected chi connectivity index (χ2v) is 10.8. The second kappa shape index (κ2) is 10.5. The fraction of sp³-hybridized carbons (Fsp3) is 0.741. The first-order valence-electron chi connectivity index (χ1n) is 13.4. The number of fused-ring (bicyclic) bond motifs is 2. The molecule has 4 aliphatic heterocycles. The molecule has 2 amide bonds. The predicted octanol–water partition coefficient (Wildman–Crippen LogP) is 4.82. The molecule has 200 valence electrons. The van der Waals surface area contributed by atoms with Crippen LogP contribution >= 0.6 is 0 Å². The van der Waals surface area contributed by atoms with Gasteiger partial charge in [0.15, 0.2) is 18.2 Å². The Morgan fingerprint density at radius 3 is 2.81 bits per heavy atom. The molecule has 9 nitrogen and oxygen atoms in total. The van der Waals surface area contributed by atoms with E-state index in [0.717, 1.165) is 25.7 Å². The van der Waals surface area contributed by atoms with Crippen LogP contribution in [0.15, 0.2) is 24.3 Å². The average Bonchev–Trinajstić information content (AvgIpc) is 3.09. The SMILES string of the molecule is CCOc1ccccc1NC(=O)NCCCO[C@@H]1O[C@@H]2O[C@]3(C)CC[C@H]4[C@H](C)CC[C@@H]([C@H]1C)[C@@]24OO3. The van der Waals surface area contributed by atoms with Crippen LogP contribution in [0.4, 0.5) is 10.5 Å². The zero-order valence-corrected chi connectivity index (χ0v) is 21.8. The monoisotopic (exact) mass is 504 g/mol. The van der Waals surface area contributed by atoms with E-state index in [1.54, 1.807) is 0 Å². The maximum absolute atomic E-state index is 12.3. The summed E-state index contributed by atoms with van der Waals surface area (Å²) < 4.78 is 24.6. The summed E-state index contributed by atoms with van der Waals surface area (Å²) in [6.45, 7) is 9.80. The van der Waals surface area contributed by atoms with Crippen molar-refractivity contribution in [2.45, 2.75) is 83.8 Å². The van der Waals surface area contributed by atoms with Gasteiger partial charge >= 0.3 is 6.03 Å². The Hall–Kier alpha value is -1.91. The molecule has 5 fully saturated rings. The van der Waals surface area contributed by atoms with Gasteiger partial charge in [-0.3, -0.25) is 0 Å². The molecule has 2 bridgehead atoms. The number of para-hydroxylation sites is 2. The van der Waals surface area contributed by atoms with Crippen molar-refractivity contribution in [3.8, 4) is 5.75 Å². The Kier molecular flexibility index (Phi) is 7.47. The molecule has 1 saturated carbocycles. The quantitative estimate of drug-likeness (QED) is 0.387. The lowest BCUT2D eigenvalue weighted by Crippen LogP contribution is -2.70. The molecule has 1 aromatic carbocycles. The number of anilines is 1. The predicted molar refractivity (Wildman–Crippen MR) is 132 cm³/mol. The summed E-state index contributed by atoms with van der Waals surface area (Å²) >= 11 is 0. The molecule has 1 aliphatic carbocycles. The van der Waals surface area contributed by atoms with Crippen LogP contribution in [0.3, 0.4) is 0 Å². The average molecular weight is 505 g/mol. The van der Waals surface area contributed by atoms with Crippen molar-refractivity contribution in [2.75, 3.05) is 25.1 Å². The number of carbonyl (C=O) groups is 1. The summed E-state index contributed by atoms with van der Waals surface area (Å²) in [5, 5.41) is 5.72. The molecular formula is C27H40N2O7. The van der Waals surface area contributed by atoms with Crippen molar-refractivity contribution in [3.05, 3.63) is 24.3 Å². The van der Waals surface area contributed by atoms with E-state index < -0.39 is 24.0 Å². The molecule has 5 aliphatic rings. The Balaban J connectivity index is 1.13. The third-order valence-corrected chi connectivity index (χ3v) is 8.42. The van der Waals surface area contributed by atoms with Crippen LogP contribution in [-0.2, 0) is 24.0 Å². The zero-order chi connectivity index (χ0) is 25.3. The molecule has 0 unspecified atom stereocenters. The highest BCUT2D eigenvalue weighted by molar-refractivity contribution is 5.90. The van der Waals surface area contributed by atoms with Gasteiger partial charge < -0.3 is 29.6 Å². The lowest BCUT2D eigenvalue weighted by Gasteiger charge is -2.60. The van der Waals surface area contributed by atoms with Crippen LogP contribution in [0.25, 0.3) is 0 Å². The lowest BCUT2D eigenvalue weighted by molar-refractivity contribution is -0.577. The number of nitrogens with one attached hydrogen (secondary N) is 2. The molecule has 0 aromatic heterocycles. The van der Waals surface area contributed by atoms with E-state index in [0.29, 0.717) is 49.5 Å². The van der Waals surface area contributed by atoms with Crippen LogP contribution in [0.2, 0.25) is 0 Å². The minimum Gasteiger partial charge on any atom is -0.492 e. The number of urea groups is 1. The van der Waals surface area contributed by atoms with Gasteiger partial charge in [0.1, 0.15) is 5.75 Å². The van der Waals surface area contributed by atoms with Crippen LogP contribution in [-0.4, -0.2) is 49.8 Å². The van der Waals surface area contributed by atoms with Crippen molar-refractivity contribution in [1.82, 2.24) is 5.32 Å². The standard InChI is InChI=1S/C27H40N2O7/c1-5-31-22-10-7-6-9-21(22)29-25(30)28-15-8-16-32-23-18(3)20-12-11-17(2)19-13-14-26(4)34-24(33-23)27(19,20)36-35-26/h6-7,9-10,17-20,23-24H,5,8,11-16H2,1-4H3,(H2,28,29,30)/t17-,18-,19+,20+,23-,24-,26+,27-/m1/s1. The largest absolute Gasteiger partial charge is 0.492 e. The minimum atomic E-state index is -0.791.